The third-order valence-electron chi connectivity index (χ3n) is 3.18. The van der Waals surface area contributed by atoms with Crippen molar-refractivity contribution in [3.05, 3.63) is 52.8 Å². The molecule has 110 valence electrons. The largest absolute Gasteiger partial charge is 0.354 e. The van der Waals surface area contributed by atoms with Gasteiger partial charge in [0.05, 0.1) is 5.69 Å². The number of benzene rings is 1. The van der Waals surface area contributed by atoms with Crippen LogP contribution in [-0.4, -0.2) is 28.9 Å². The first kappa shape index (κ1) is 15.5. The van der Waals surface area contributed by atoms with E-state index < -0.39 is 0 Å². The van der Waals surface area contributed by atoms with Crippen LogP contribution in [0.3, 0.4) is 0 Å². The molecule has 0 bridgehead atoms. The van der Waals surface area contributed by atoms with Crippen LogP contribution in [0.25, 0.3) is 0 Å². The van der Waals surface area contributed by atoms with Crippen molar-refractivity contribution in [2.24, 2.45) is 0 Å². The average molecular weight is 348 g/mol. The highest BCUT2D eigenvalue weighted by molar-refractivity contribution is 9.10. The van der Waals surface area contributed by atoms with Crippen molar-refractivity contribution in [1.82, 2.24) is 9.88 Å². The molecule has 0 spiro atoms. The molecule has 0 radical (unpaired) electrons. The molecule has 5 heteroatoms. The van der Waals surface area contributed by atoms with Crippen molar-refractivity contribution in [2.45, 2.75) is 13.8 Å². The molecule has 2 aromatic rings. The van der Waals surface area contributed by atoms with E-state index in [4.69, 9.17) is 0 Å². The van der Waals surface area contributed by atoms with E-state index in [0.717, 1.165) is 15.8 Å². The Kier molecular flexibility index (Phi) is 5.33. The van der Waals surface area contributed by atoms with Gasteiger partial charge in [-0.3, -0.25) is 9.78 Å². The molecule has 0 fully saturated rings. The molecule has 0 unspecified atom stereocenters. The van der Waals surface area contributed by atoms with Gasteiger partial charge in [-0.25, -0.2) is 0 Å². The van der Waals surface area contributed by atoms with Crippen molar-refractivity contribution < 1.29 is 4.79 Å². The highest BCUT2D eigenvalue weighted by Gasteiger charge is 2.14. The number of hydrogen-bond donors (Lipinski definition) is 1. The van der Waals surface area contributed by atoms with E-state index in [0.29, 0.717) is 18.8 Å². The van der Waals surface area contributed by atoms with Crippen molar-refractivity contribution in [3.8, 4) is 0 Å². The van der Waals surface area contributed by atoms with Gasteiger partial charge in [0.25, 0.3) is 5.91 Å². The van der Waals surface area contributed by atoms with E-state index >= 15 is 0 Å². The van der Waals surface area contributed by atoms with Crippen LogP contribution in [0.5, 0.6) is 0 Å². The van der Waals surface area contributed by atoms with Gasteiger partial charge in [-0.15, -0.1) is 0 Å². The van der Waals surface area contributed by atoms with E-state index in [1.165, 1.54) is 0 Å². The topological polar surface area (TPSA) is 45.2 Å². The fourth-order valence-electron chi connectivity index (χ4n) is 2.02. The molecule has 1 aromatic heterocycles. The SMILES string of the molecule is CCN(CC)C(=O)c1cc(Nc2ccccc2Br)ccn1. The number of carbonyl (C=O) groups excluding carboxylic acids is 1. The second-order valence-corrected chi connectivity index (χ2v) is 5.37. The smallest absolute Gasteiger partial charge is 0.272 e. The van der Waals surface area contributed by atoms with Gasteiger partial charge in [0.2, 0.25) is 0 Å². The van der Waals surface area contributed by atoms with Crippen LogP contribution >= 0.6 is 15.9 Å². The maximum atomic E-state index is 12.3. The van der Waals surface area contributed by atoms with E-state index in [2.05, 4.69) is 26.2 Å². The Morgan fingerprint density at radius 3 is 2.62 bits per heavy atom. The van der Waals surface area contributed by atoms with Crippen molar-refractivity contribution >= 4 is 33.2 Å². The molecule has 1 aromatic carbocycles. The summed E-state index contributed by atoms with van der Waals surface area (Å²) in [6.45, 7) is 5.28. The van der Waals surface area contributed by atoms with Gasteiger partial charge in [-0.2, -0.15) is 0 Å². The van der Waals surface area contributed by atoms with Gasteiger partial charge >= 0.3 is 0 Å². The zero-order valence-electron chi connectivity index (χ0n) is 12.1. The number of nitrogens with zero attached hydrogens (tertiary/aromatic N) is 2. The lowest BCUT2D eigenvalue weighted by atomic mass is 10.2. The molecule has 0 aliphatic rings. The molecule has 0 saturated carbocycles. The number of anilines is 2. The maximum Gasteiger partial charge on any atom is 0.272 e. The number of carbonyl (C=O) groups is 1. The minimum atomic E-state index is -0.0456. The lowest BCUT2D eigenvalue weighted by Gasteiger charge is -2.18. The Bertz CT molecular complexity index is 626. The second-order valence-electron chi connectivity index (χ2n) is 4.51. The fraction of sp³-hybridized carbons (Fsp3) is 0.250. The Morgan fingerprint density at radius 2 is 1.95 bits per heavy atom. The van der Waals surface area contributed by atoms with Gasteiger partial charge in [-0.1, -0.05) is 12.1 Å². The average Bonchev–Trinajstić information content (AvgIpc) is 2.51. The predicted octanol–water partition coefficient (Wildman–Crippen LogP) is 4.07. The quantitative estimate of drug-likeness (QED) is 0.886. The van der Waals surface area contributed by atoms with E-state index in [1.807, 2.05) is 44.2 Å². The molecule has 21 heavy (non-hydrogen) atoms. The molecule has 0 aliphatic carbocycles. The summed E-state index contributed by atoms with van der Waals surface area (Å²) in [4.78, 5) is 18.2. The zero-order valence-corrected chi connectivity index (χ0v) is 13.7. The molecule has 1 amide bonds. The van der Waals surface area contributed by atoms with Crippen LogP contribution < -0.4 is 5.32 Å². The molecule has 1 heterocycles. The fourth-order valence-corrected chi connectivity index (χ4v) is 2.40. The van der Waals surface area contributed by atoms with Gasteiger partial charge in [0.15, 0.2) is 0 Å². The van der Waals surface area contributed by atoms with Gasteiger partial charge < -0.3 is 10.2 Å². The number of aromatic nitrogens is 1. The van der Waals surface area contributed by atoms with Crippen LogP contribution in [0.15, 0.2) is 47.1 Å². The number of nitrogens with one attached hydrogen (secondary N) is 1. The summed E-state index contributed by atoms with van der Waals surface area (Å²) < 4.78 is 0.971. The van der Waals surface area contributed by atoms with Crippen LogP contribution in [0.2, 0.25) is 0 Å². The number of halogens is 1. The Balaban J connectivity index is 2.22. The van der Waals surface area contributed by atoms with E-state index in [1.54, 1.807) is 17.2 Å². The number of pyridine rings is 1. The minimum Gasteiger partial charge on any atom is -0.354 e. The molecule has 0 saturated heterocycles. The number of hydrogen-bond acceptors (Lipinski definition) is 3. The molecular weight excluding hydrogens is 330 g/mol. The number of amides is 1. The Hall–Kier alpha value is -1.88. The first-order valence-electron chi connectivity index (χ1n) is 6.92. The summed E-state index contributed by atoms with van der Waals surface area (Å²) in [5, 5.41) is 3.28. The molecule has 1 N–H and O–H groups in total. The van der Waals surface area contributed by atoms with Gasteiger partial charge in [0, 0.05) is 29.4 Å². The number of rotatable bonds is 5. The highest BCUT2D eigenvalue weighted by atomic mass is 79.9. The lowest BCUT2D eigenvalue weighted by Crippen LogP contribution is -2.31. The summed E-state index contributed by atoms with van der Waals surface area (Å²) >= 11 is 3.49. The summed E-state index contributed by atoms with van der Waals surface area (Å²) in [6.07, 6.45) is 1.65. The lowest BCUT2D eigenvalue weighted by molar-refractivity contribution is 0.0767. The van der Waals surface area contributed by atoms with E-state index in [9.17, 15) is 4.79 Å². The minimum absolute atomic E-state index is 0.0456. The van der Waals surface area contributed by atoms with Gasteiger partial charge in [0.1, 0.15) is 5.69 Å². The Labute approximate surface area is 133 Å². The summed E-state index contributed by atoms with van der Waals surface area (Å²) in [5.74, 6) is -0.0456. The van der Waals surface area contributed by atoms with Crippen molar-refractivity contribution in [1.29, 1.82) is 0 Å². The monoisotopic (exact) mass is 347 g/mol. The standard InChI is InChI=1S/C16H18BrN3O/c1-3-20(4-2)16(21)15-11-12(9-10-18-15)19-14-8-6-5-7-13(14)17/h5-11H,3-4H2,1-2H3,(H,18,19). The normalized spacial score (nSPS) is 10.2. The van der Waals surface area contributed by atoms with Crippen LogP contribution in [0.4, 0.5) is 11.4 Å². The maximum absolute atomic E-state index is 12.3. The summed E-state index contributed by atoms with van der Waals surface area (Å²) in [7, 11) is 0. The highest BCUT2D eigenvalue weighted by Crippen LogP contribution is 2.25. The molecule has 2 rings (SSSR count). The molecule has 4 nitrogen and oxygen atoms in total. The van der Waals surface area contributed by atoms with Crippen LogP contribution in [-0.2, 0) is 0 Å². The molecule has 0 atom stereocenters. The third kappa shape index (κ3) is 3.82. The predicted molar refractivity (Wildman–Crippen MR) is 88.9 cm³/mol. The first-order chi connectivity index (χ1) is 10.2. The molecule has 0 aliphatic heterocycles. The van der Waals surface area contributed by atoms with E-state index in [-0.39, 0.29) is 5.91 Å². The van der Waals surface area contributed by atoms with Gasteiger partial charge in [-0.05, 0) is 54.0 Å². The van der Waals surface area contributed by atoms with Crippen LogP contribution in [0, 0.1) is 0 Å². The molecular formula is C16H18BrN3O. The van der Waals surface area contributed by atoms with Crippen molar-refractivity contribution in [2.75, 3.05) is 18.4 Å². The first-order valence-corrected chi connectivity index (χ1v) is 7.71. The third-order valence-corrected chi connectivity index (χ3v) is 3.87. The summed E-state index contributed by atoms with van der Waals surface area (Å²) in [5.41, 5.74) is 2.24. The zero-order chi connectivity index (χ0) is 15.2. The number of para-hydroxylation sites is 1. The Morgan fingerprint density at radius 1 is 1.24 bits per heavy atom. The summed E-state index contributed by atoms with van der Waals surface area (Å²) in [6, 6.07) is 11.5. The van der Waals surface area contributed by atoms with Crippen LogP contribution in [0.1, 0.15) is 24.3 Å². The van der Waals surface area contributed by atoms with Crippen molar-refractivity contribution in [3.63, 3.8) is 0 Å². The second kappa shape index (κ2) is 7.22.